The third kappa shape index (κ3) is 29.1. The van der Waals surface area contributed by atoms with Gasteiger partial charge in [-0.3, -0.25) is 38.5 Å². The van der Waals surface area contributed by atoms with Crippen LogP contribution in [0, 0.1) is 29.6 Å². The normalized spacial score (nSPS) is 16.0. The van der Waals surface area contributed by atoms with Gasteiger partial charge in [-0.05, 0) is 79.0 Å². The number of carbonyl (C=O) groups excluding carboxylic acids is 9. The zero-order valence-electron chi connectivity index (χ0n) is 61.4. The lowest BCUT2D eigenvalue weighted by molar-refractivity contribution is -0.148. The predicted octanol–water partition coefficient (Wildman–Crippen LogP) is 5.26. The van der Waals surface area contributed by atoms with Crippen molar-refractivity contribution in [3.8, 4) is 0 Å². The lowest BCUT2D eigenvalue weighted by Crippen LogP contribution is -2.60. The van der Waals surface area contributed by atoms with E-state index in [1.54, 1.807) is 82.1 Å². The summed E-state index contributed by atoms with van der Waals surface area (Å²) in [6, 6.07) is 9.90. The third-order valence-corrected chi connectivity index (χ3v) is 18.7. The fraction of sp³-hybridized carbons (Fsp3) is 0.662. The molecule has 566 valence electrons. The Morgan fingerprint density at radius 3 is 1.87 bits per heavy atom. The van der Waals surface area contributed by atoms with Crippen LogP contribution < -0.4 is 43.5 Å². The van der Waals surface area contributed by atoms with Crippen molar-refractivity contribution in [2.45, 2.75) is 175 Å². The van der Waals surface area contributed by atoms with Gasteiger partial charge in [-0.1, -0.05) is 111 Å². The standard InChI is InChI=1S/C71H114N12O17S/c1-14-48(8)62(56(93-12)43-58(85)83-31-19-23-55(83)63(94-13)49(9)64(86)78-54(68-74-30-41-101-68)42-50-20-16-15-17-21-50)81(10)69(90)60(46(4)5)80-67(89)61(47(6)7)82(11)71(92)99-44-51-24-26-52(27-25-51)76-65(87)53(22-18-29-75-70(72)91)77-66(88)59(45(2)3)79-57(84)28-32-95-33-34-96-35-36-97-37-38-98-39-40-100-73/h15-17,20-21,24-27,30,41,45-49,53-56,59-63H,14,18-19,22-23,28-29,31-40,42-44,73H2,1-13H3,(H,76,87)(H,77,88)(H,78,86)(H,79,84)(H,80,89)(H3,72,75,91)/t48-,49+,53-,54-,55-,56+,59-,60-,61-,62-,63?/m0/s1. The molecule has 2 aromatic carbocycles. The molecule has 1 aliphatic heterocycles. The Morgan fingerprint density at radius 2 is 1.32 bits per heavy atom. The second-order valence-electron chi connectivity index (χ2n) is 26.3. The fourth-order valence-corrected chi connectivity index (χ4v) is 12.8. The number of urea groups is 1. The van der Waals surface area contributed by atoms with Gasteiger partial charge in [-0.15, -0.1) is 11.3 Å². The molecule has 1 fully saturated rings. The SMILES string of the molecule is CC[C@H](C)[C@@H]([C@@H](CC(=O)N1CCC[C@H]1C(OC)[C@@H](C)C(=O)N[C@@H](Cc1ccccc1)c1nccs1)OC)N(C)C(=O)[C@@H](NC(=O)[C@H](C(C)C)N(C)C(=O)OCc1ccc(NC(=O)[C@H](CCCNC(N)=O)NC(=O)[C@@H](NC(=O)CCOCCOCCOCCOCCON)C(C)C)cc1)C(C)C. The van der Waals surface area contributed by atoms with Crippen molar-refractivity contribution in [3.63, 3.8) is 0 Å². The van der Waals surface area contributed by atoms with Gasteiger partial charge in [0, 0.05) is 65.1 Å². The molecule has 0 spiro atoms. The highest BCUT2D eigenvalue weighted by molar-refractivity contribution is 7.09. The summed E-state index contributed by atoms with van der Waals surface area (Å²) in [7, 11) is 6.17. The van der Waals surface area contributed by atoms with Crippen LogP contribution in [0.15, 0.2) is 66.2 Å². The number of thiazole rings is 1. The molecule has 1 saturated heterocycles. The van der Waals surface area contributed by atoms with Gasteiger partial charge in [0.1, 0.15) is 35.8 Å². The molecule has 4 rings (SSSR count). The Kier molecular flexibility index (Phi) is 39.4. The van der Waals surface area contributed by atoms with E-state index in [1.807, 2.05) is 70.3 Å². The minimum atomic E-state index is -1.11. The Labute approximate surface area is 599 Å². The number of hydrogen-bond acceptors (Lipinski definition) is 20. The summed E-state index contributed by atoms with van der Waals surface area (Å²) in [5, 5.41) is 19.6. The van der Waals surface area contributed by atoms with Crippen LogP contribution in [-0.4, -0.2) is 222 Å². The summed E-state index contributed by atoms with van der Waals surface area (Å²) in [6.45, 7) is 19.6. The first-order chi connectivity index (χ1) is 48.3. The van der Waals surface area contributed by atoms with Gasteiger partial charge in [0.2, 0.25) is 41.4 Å². The summed E-state index contributed by atoms with van der Waals surface area (Å²) in [5.74, 6) is -0.136. The first-order valence-corrected chi connectivity index (χ1v) is 35.9. The molecule has 1 unspecified atom stereocenters. The lowest BCUT2D eigenvalue weighted by atomic mass is 9.89. The fourth-order valence-electron chi connectivity index (χ4n) is 12.1. The van der Waals surface area contributed by atoms with Gasteiger partial charge < -0.3 is 85.4 Å². The molecule has 1 aliphatic rings. The van der Waals surface area contributed by atoms with Crippen molar-refractivity contribution in [1.82, 2.24) is 46.3 Å². The number of carbonyl (C=O) groups is 9. The number of anilines is 1. The molecule has 0 radical (unpaired) electrons. The molecule has 11 atom stereocenters. The minimum Gasteiger partial charge on any atom is -0.445 e. The van der Waals surface area contributed by atoms with Crippen LogP contribution in [-0.2, 0) is 84.6 Å². The summed E-state index contributed by atoms with van der Waals surface area (Å²) >= 11 is 1.47. The van der Waals surface area contributed by atoms with Gasteiger partial charge in [0.15, 0.2) is 0 Å². The summed E-state index contributed by atoms with van der Waals surface area (Å²) in [6.07, 6.45) is 2.23. The van der Waals surface area contributed by atoms with E-state index in [0.717, 1.165) is 10.6 Å². The quantitative estimate of drug-likeness (QED) is 0.0264. The Hall–Kier alpha value is -7.42. The zero-order valence-corrected chi connectivity index (χ0v) is 62.2. The summed E-state index contributed by atoms with van der Waals surface area (Å²) in [5.41, 5.74) is 7.19. The van der Waals surface area contributed by atoms with E-state index >= 15 is 0 Å². The number of nitrogens with two attached hydrogens (primary N) is 2. The number of likely N-dealkylation sites (N-methyl/N-ethyl adjacent to an activating group) is 2. The second-order valence-corrected chi connectivity index (χ2v) is 27.3. The van der Waals surface area contributed by atoms with E-state index in [0.29, 0.717) is 83.1 Å². The monoisotopic (exact) mass is 1440 g/mol. The molecule has 10 N–H and O–H groups in total. The molecule has 29 nitrogen and oxygen atoms in total. The van der Waals surface area contributed by atoms with E-state index in [4.69, 9.17) is 44.8 Å². The molecular weight excluding hydrogens is 1320 g/mol. The van der Waals surface area contributed by atoms with Crippen molar-refractivity contribution in [2.24, 2.45) is 41.2 Å². The number of rotatable bonds is 48. The maximum Gasteiger partial charge on any atom is 0.410 e. The molecule has 3 aromatic rings. The smallest absolute Gasteiger partial charge is 0.410 e. The number of nitrogens with zero attached hydrogens (tertiary/aromatic N) is 4. The summed E-state index contributed by atoms with van der Waals surface area (Å²) < 4.78 is 39.6. The highest BCUT2D eigenvalue weighted by Crippen LogP contribution is 2.31. The number of primary amides is 1. The van der Waals surface area contributed by atoms with Crippen LogP contribution in [0.25, 0.3) is 0 Å². The van der Waals surface area contributed by atoms with Crippen LogP contribution in [0.2, 0.25) is 0 Å². The molecule has 30 heteroatoms. The topological polar surface area (TPSA) is 374 Å². The Morgan fingerprint density at radius 1 is 0.693 bits per heavy atom. The number of benzene rings is 2. The highest BCUT2D eigenvalue weighted by Gasteiger charge is 2.44. The number of nitrogens with one attached hydrogen (secondary N) is 6. The Bertz CT molecular complexity index is 2970. The van der Waals surface area contributed by atoms with Crippen LogP contribution >= 0.6 is 11.3 Å². The molecule has 2 heterocycles. The molecule has 1 aromatic heterocycles. The van der Waals surface area contributed by atoms with E-state index < -0.39 is 108 Å². The molecule has 0 aliphatic carbocycles. The van der Waals surface area contributed by atoms with Crippen molar-refractivity contribution >= 4 is 70.5 Å². The van der Waals surface area contributed by atoms with E-state index in [1.165, 1.54) is 30.4 Å². The van der Waals surface area contributed by atoms with Gasteiger partial charge >= 0.3 is 12.1 Å². The van der Waals surface area contributed by atoms with Crippen LogP contribution in [0.3, 0.4) is 0 Å². The molecule has 101 heavy (non-hydrogen) atoms. The van der Waals surface area contributed by atoms with Gasteiger partial charge in [-0.25, -0.2) is 20.5 Å². The first kappa shape index (κ1) is 86.0. The number of hydrogen-bond donors (Lipinski definition) is 8. The van der Waals surface area contributed by atoms with E-state index in [2.05, 4.69) is 41.7 Å². The van der Waals surface area contributed by atoms with Gasteiger partial charge in [0.25, 0.3) is 0 Å². The molecule has 0 bridgehead atoms. The highest BCUT2D eigenvalue weighted by atomic mass is 32.1. The van der Waals surface area contributed by atoms with Crippen molar-refractivity contribution in [2.75, 3.05) is 106 Å². The van der Waals surface area contributed by atoms with Crippen molar-refractivity contribution in [1.29, 1.82) is 0 Å². The maximum absolute atomic E-state index is 14.9. The van der Waals surface area contributed by atoms with Crippen LogP contribution in [0.5, 0.6) is 0 Å². The van der Waals surface area contributed by atoms with Gasteiger partial charge in [0.05, 0.1) is 102 Å². The second kappa shape index (κ2) is 46.2. The number of ether oxygens (including phenoxy) is 7. The third-order valence-electron chi connectivity index (χ3n) is 17.8. The maximum atomic E-state index is 14.9. The number of methoxy groups -OCH3 is 2. The average molecular weight is 1440 g/mol. The minimum absolute atomic E-state index is 0.0395. The van der Waals surface area contributed by atoms with Crippen molar-refractivity contribution in [3.05, 3.63) is 82.3 Å². The Balaban J connectivity index is 1.35. The van der Waals surface area contributed by atoms with Crippen LogP contribution in [0.4, 0.5) is 15.3 Å². The van der Waals surface area contributed by atoms with E-state index in [9.17, 15) is 43.2 Å². The largest absolute Gasteiger partial charge is 0.445 e. The lowest BCUT2D eigenvalue weighted by Gasteiger charge is -2.41. The number of aromatic nitrogens is 1. The number of amides is 10. The molecule has 10 amide bonds. The molecule has 0 saturated carbocycles. The van der Waals surface area contributed by atoms with Crippen molar-refractivity contribution < 1.29 is 81.1 Å². The predicted molar refractivity (Wildman–Crippen MR) is 381 cm³/mol. The first-order valence-electron chi connectivity index (χ1n) is 35.0. The van der Waals surface area contributed by atoms with Crippen LogP contribution in [0.1, 0.15) is 129 Å². The van der Waals surface area contributed by atoms with E-state index in [-0.39, 0.29) is 88.3 Å². The van der Waals surface area contributed by atoms with Gasteiger partial charge in [-0.2, -0.15) is 0 Å². The molecular formula is C71H114N12O17S. The zero-order chi connectivity index (χ0) is 74.6. The summed E-state index contributed by atoms with van der Waals surface area (Å²) in [4.78, 5) is 137. The average Bonchev–Trinajstić information content (AvgIpc) is 1.40. The number of likely N-dealkylation sites (tertiary alicyclic amines) is 1.